The van der Waals surface area contributed by atoms with Gasteiger partial charge in [-0.15, -0.1) is 0 Å². The van der Waals surface area contributed by atoms with Crippen LogP contribution in [-0.4, -0.2) is 21.8 Å². The molecule has 21 heavy (non-hydrogen) atoms. The van der Waals surface area contributed by atoms with Crippen LogP contribution in [0.25, 0.3) is 0 Å². The van der Waals surface area contributed by atoms with Crippen LogP contribution in [0.15, 0.2) is 41.7 Å². The van der Waals surface area contributed by atoms with Crippen LogP contribution in [0.2, 0.25) is 0 Å². The van der Waals surface area contributed by atoms with Gasteiger partial charge in [0, 0.05) is 23.2 Å². The fraction of sp³-hybridized carbons (Fsp3) is 0.412. The standard InChI is InChI=1S/C17H21N3S/c1-3-18-16-14-7-5-4-6-13(14)8-9-15(16)21-17-19-11-10-12(2)20-17/h4-7,10-11,15-16,18H,3,8-9H2,1-2H3. The van der Waals surface area contributed by atoms with Crippen molar-refractivity contribution in [2.45, 2.75) is 43.1 Å². The van der Waals surface area contributed by atoms with Crippen molar-refractivity contribution in [3.05, 3.63) is 53.3 Å². The van der Waals surface area contributed by atoms with Gasteiger partial charge in [-0.2, -0.15) is 0 Å². The third kappa shape index (κ3) is 3.27. The Morgan fingerprint density at radius 3 is 2.95 bits per heavy atom. The maximum atomic E-state index is 4.54. The van der Waals surface area contributed by atoms with Gasteiger partial charge in [0.2, 0.25) is 0 Å². The van der Waals surface area contributed by atoms with Crippen molar-refractivity contribution in [3.8, 4) is 0 Å². The number of rotatable bonds is 4. The quantitative estimate of drug-likeness (QED) is 0.876. The van der Waals surface area contributed by atoms with Gasteiger partial charge >= 0.3 is 0 Å². The number of aryl methyl sites for hydroxylation is 2. The number of nitrogens with one attached hydrogen (secondary N) is 1. The molecule has 0 saturated carbocycles. The van der Waals surface area contributed by atoms with E-state index in [2.05, 4.69) is 46.5 Å². The summed E-state index contributed by atoms with van der Waals surface area (Å²) >= 11 is 1.81. The normalized spacial score (nSPS) is 21.0. The smallest absolute Gasteiger partial charge is 0.188 e. The fourth-order valence-electron chi connectivity index (χ4n) is 2.94. The van der Waals surface area contributed by atoms with E-state index in [-0.39, 0.29) is 0 Å². The summed E-state index contributed by atoms with van der Waals surface area (Å²) in [6, 6.07) is 11.1. The molecule has 0 saturated heterocycles. The zero-order chi connectivity index (χ0) is 14.7. The molecular weight excluding hydrogens is 278 g/mol. The first kappa shape index (κ1) is 14.5. The lowest BCUT2D eigenvalue weighted by molar-refractivity contribution is 0.483. The van der Waals surface area contributed by atoms with Crippen molar-refractivity contribution in [1.29, 1.82) is 0 Å². The maximum absolute atomic E-state index is 4.54. The van der Waals surface area contributed by atoms with Gasteiger partial charge in [-0.1, -0.05) is 43.0 Å². The summed E-state index contributed by atoms with van der Waals surface area (Å²) in [5, 5.41) is 5.03. The topological polar surface area (TPSA) is 37.8 Å². The van der Waals surface area contributed by atoms with Crippen LogP contribution in [0.1, 0.15) is 36.2 Å². The molecule has 2 atom stereocenters. The number of fused-ring (bicyclic) bond motifs is 1. The Morgan fingerprint density at radius 1 is 1.29 bits per heavy atom. The zero-order valence-electron chi connectivity index (χ0n) is 12.5. The first-order valence-corrected chi connectivity index (χ1v) is 8.43. The lowest BCUT2D eigenvalue weighted by atomic mass is 9.87. The van der Waals surface area contributed by atoms with Crippen LogP contribution in [0.4, 0.5) is 0 Å². The SMILES string of the molecule is CCNC1c2ccccc2CCC1Sc1nccc(C)n1. The van der Waals surface area contributed by atoms with Crippen molar-refractivity contribution in [2.75, 3.05) is 6.54 Å². The molecule has 4 heteroatoms. The van der Waals surface area contributed by atoms with Crippen LogP contribution in [0.5, 0.6) is 0 Å². The Bertz CT molecular complexity index is 614. The largest absolute Gasteiger partial charge is 0.309 e. The highest BCUT2D eigenvalue weighted by Crippen LogP contribution is 2.38. The number of aromatic nitrogens is 2. The van der Waals surface area contributed by atoms with E-state index in [0.29, 0.717) is 11.3 Å². The molecule has 1 aromatic heterocycles. The average molecular weight is 299 g/mol. The average Bonchev–Trinajstić information content (AvgIpc) is 2.50. The summed E-state index contributed by atoms with van der Waals surface area (Å²) in [4.78, 5) is 8.95. The summed E-state index contributed by atoms with van der Waals surface area (Å²) in [7, 11) is 0. The zero-order valence-corrected chi connectivity index (χ0v) is 13.4. The van der Waals surface area contributed by atoms with E-state index < -0.39 is 0 Å². The molecule has 110 valence electrons. The van der Waals surface area contributed by atoms with E-state index in [1.54, 1.807) is 11.8 Å². The second kappa shape index (κ2) is 6.58. The first-order valence-electron chi connectivity index (χ1n) is 7.55. The molecule has 3 nitrogen and oxygen atoms in total. The van der Waals surface area contributed by atoms with Crippen molar-refractivity contribution >= 4 is 11.8 Å². The van der Waals surface area contributed by atoms with E-state index in [1.807, 2.05) is 19.2 Å². The summed E-state index contributed by atoms with van der Waals surface area (Å²) in [5.41, 5.74) is 3.95. The van der Waals surface area contributed by atoms with Gasteiger partial charge in [0.1, 0.15) is 0 Å². The van der Waals surface area contributed by atoms with E-state index >= 15 is 0 Å². The van der Waals surface area contributed by atoms with Crippen LogP contribution in [0.3, 0.4) is 0 Å². The maximum Gasteiger partial charge on any atom is 0.188 e. The number of nitrogens with zero attached hydrogens (tertiary/aromatic N) is 2. The van der Waals surface area contributed by atoms with Crippen molar-refractivity contribution in [2.24, 2.45) is 0 Å². The third-order valence-corrected chi connectivity index (χ3v) is 5.13. The number of hydrogen-bond acceptors (Lipinski definition) is 4. The molecule has 0 radical (unpaired) electrons. The minimum atomic E-state index is 0.383. The molecule has 1 aromatic carbocycles. The monoisotopic (exact) mass is 299 g/mol. The van der Waals surface area contributed by atoms with Gasteiger partial charge in [0.05, 0.1) is 0 Å². The second-order valence-corrected chi connectivity index (χ2v) is 6.62. The van der Waals surface area contributed by atoms with Crippen LogP contribution in [-0.2, 0) is 6.42 Å². The molecule has 0 spiro atoms. The Hall–Kier alpha value is -1.39. The van der Waals surface area contributed by atoms with Crippen molar-refractivity contribution in [3.63, 3.8) is 0 Å². The molecule has 0 amide bonds. The molecular formula is C17H21N3S. The predicted octanol–water partition coefficient (Wildman–Crippen LogP) is 3.54. The molecule has 1 heterocycles. The van der Waals surface area contributed by atoms with Crippen LogP contribution >= 0.6 is 11.8 Å². The number of thioether (sulfide) groups is 1. The molecule has 3 rings (SSSR count). The highest BCUT2D eigenvalue weighted by molar-refractivity contribution is 7.99. The molecule has 0 aliphatic heterocycles. The molecule has 2 unspecified atom stereocenters. The Balaban J connectivity index is 1.85. The molecule has 0 fully saturated rings. The Kier molecular flexibility index (Phi) is 4.56. The van der Waals surface area contributed by atoms with Gasteiger partial charge < -0.3 is 5.32 Å². The number of benzene rings is 1. The lowest BCUT2D eigenvalue weighted by Crippen LogP contribution is -2.34. The molecule has 1 aliphatic carbocycles. The molecule has 1 aliphatic rings. The predicted molar refractivity (Wildman–Crippen MR) is 87.6 cm³/mol. The van der Waals surface area contributed by atoms with Crippen LogP contribution in [0, 0.1) is 6.92 Å². The highest BCUT2D eigenvalue weighted by Gasteiger charge is 2.30. The number of hydrogen-bond donors (Lipinski definition) is 1. The lowest BCUT2D eigenvalue weighted by Gasteiger charge is -2.33. The van der Waals surface area contributed by atoms with E-state index in [4.69, 9.17) is 0 Å². The van der Waals surface area contributed by atoms with Crippen LogP contribution < -0.4 is 5.32 Å². The van der Waals surface area contributed by atoms with E-state index in [0.717, 1.165) is 30.2 Å². The minimum Gasteiger partial charge on any atom is -0.309 e. The van der Waals surface area contributed by atoms with Gasteiger partial charge in [-0.3, -0.25) is 0 Å². The molecule has 1 N–H and O–H groups in total. The fourth-order valence-corrected chi connectivity index (χ4v) is 4.14. The van der Waals surface area contributed by atoms with Gasteiger partial charge in [0.25, 0.3) is 0 Å². The van der Waals surface area contributed by atoms with Gasteiger partial charge in [-0.05, 0) is 43.5 Å². The Labute approximate surface area is 130 Å². The Morgan fingerprint density at radius 2 is 2.14 bits per heavy atom. The summed E-state index contributed by atoms with van der Waals surface area (Å²) in [5.74, 6) is 0. The van der Waals surface area contributed by atoms with Crippen molar-refractivity contribution < 1.29 is 0 Å². The summed E-state index contributed by atoms with van der Waals surface area (Å²) in [6.07, 6.45) is 4.15. The molecule has 0 bridgehead atoms. The molecule has 2 aromatic rings. The second-order valence-electron chi connectivity index (χ2n) is 5.41. The van der Waals surface area contributed by atoms with Gasteiger partial charge in [-0.25, -0.2) is 9.97 Å². The van der Waals surface area contributed by atoms with E-state index in [1.165, 1.54) is 11.1 Å². The first-order chi connectivity index (χ1) is 10.3. The minimum absolute atomic E-state index is 0.383. The summed E-state index contributed by atoms with van der Waals surface area (Å²) in [6.45, 7) is 5.16. The van der Waals surface area contributed by atoms with E-state index in [9.17, 15) is 0 Å². The third-order valence-electron chi connectivity index (χ3n) is 3.91. The van der Waals surface area contributed by atoms with Crippen molar-refractivity contribution in [1.82, 2.24) is 15.3 Å². The van der Waals surface area contributed by atoms with Gasteiger partial charge in [0.15, 0.2) is 5.16 Å². The summed E-state index contributed by atoms with van der Waals surface area (Å²) < 4.78 is 0. The highest BCUT2D eigenvalue weighted by atomic mass is 32.2.